The predicted molar refractivity (Wildman–Crippen MR) is 100 cm³/mol. The molecule has 0 bridgehead atoms. The lowest BCUT2D eigenvalue weighted by Crippen LogP contribution is -2.50. The van der Waals surface area contributed by atoms with E-state index < -0.39 is 10.0 Å². The third-order valence-corrected chi connectivity index (χ3v) is 6.85. The van der Waals surface area contributed by atoms with Gasteiger partial charge in [0.1, 0.15) is 5.75 Å². The van der Waals surface area contributed by atoms with Crippen LogP contribution in [-0.2, 0) is 14.8 Å². The van der Waals surface area contributed by atoms with Crippen LogP contribution in [0.1, 0.15) is 6.92 Å². The Labute approximate surface area is 156 Å². The molecule has 0 spiro atoms. The minimum Gasteiger partial charge on any atom is -0.494 e. The van der Waals surface area contributed by atoms with Crippen molar-refractivity contribution in [2.24, 2.45) is 0 Å². The van der Waals surface area contributed by atoms with E-state index in [-0.39, 0.29) is 0 Å². The first kappa shape index (κ1) is 19.6. The van der Waals surface area contributed by atoms with E-state index in [1.54, 1.807) is 28.6 Å². The van der Waals surface area contributed by atoms with E-state index >= 15 is 0 Å². The fourth-order valence-electron chi connectivity index (χ4n) is 3.32. The summed E-state index contributed by atoms with van der Waals surface area (Å²) in [5.74, 6) is 0.694. The van der Waals surface area contributed by atoms with Crippen molar-refractivity contribution in [2.45, 2.75) is 11.8 Å². The molecule has 2 aliphatic heterocycles. The maximum atomic E-state index is 12.8. The number of piperazine rings is 1. The van der Waals surface area contributed by atoms with Gasteiger partial charge in [-0.2, -0.15) is 4.31 Å². The fraction of sp³-hybridized carbons (Fsp3) is 0.667. The molecule has 0 atom stereocenters. The fourth-order valence-corrected chi connectivity index (χ4v) is 4.75. The van der Waals surface area contributed by atoms with Gasteiger partial charge in [-0.1, -0.05) is 0 Å². The molecule has 1 aromatic rings. The minimum absolute atomic E-state index is 0.336. The molecule has 3 rings (SSSR count). The van der Waals surface area contributed by atoms with Crippen molar-refractivity contribution in [1.29, 1.82) is 0 Å². The molecule has 2 aliphatic rings. The van der Waals surface area contributed by atoms with Crippen molar-refractivity contribution < 1.29 is 17.9 Å². The van der Waals surface area contributed by atoms with Gasteiger partial charge in [-0.05, 0) is 31.2 Å². The molecule has 2 fully saturated rings. The van der Waals surface area contributed by atoms with E-state index in [1.807, 2.05) is 6.92 Å². The Kier molecular flexibility index (Phi) is 6.88. The molecule has 8 heteroatoms. The van der Waals surface area contributed by atoms with Gasteiger partial charge in [-0.25, -0.2) is 8.42 Å². The second-order valence-corrected chi connectivity index (χ2v) is 8.54. The monoisotopic (exact) mass is 383 g/mol. The lowest BCUT2D eigenvalue weighted by molar-refractivity contribution is 0.0317. The van der Waals surface area contributed by atoms with Crippen LogP contribution in [0.25, 0.3) is 0 Å². The van der Waals surface area contributed by atoms with Crippen LogP contribution in [0.5, 0.6) is 5.75 Å². The maximum absolute atomic E-state index is 12.8. The summed E-state index contributed by atoms with van der Waals surface area (Å²) in [4.78, 5) is 5.09. The van der Waals surface area contributed by atoms with Crippen LogP contribution in [0.2, 0.25) is 0 Å². The molecule has 2 saturated heterocycles. The van der Waals surface area contributed by atoms with Gasteiger partial charge in [0.25, 0.3) is 0 Å². The van der Waals surface area contributed by atoms with Gasteiger partial charge in [0.15, 0.2) is 0 Å². The summed E-state index contributed by atoms with van der Waals surface area (Å²) in [5, 5.41) is 0. The molecule has 0 amide bonds. The van der Waals surface area contributed by atoms with E-state index in [9.17, 15) is 8.42 Å². The molecule has 26 heavy (non-hydrogen) atoms. The molecular weight excluding hydrogens is 354 g/mol. The number of ether oxygens (including phenoxy) is 2. The maximum Gasteiger partial charge on any atom is 0.243 e. The Morgan fingerprint density at radius 2 is 1.50 bits per heavy atom. The zero-order chi connectivity index (χ0) is 18.4. The second-order valence-electron chi connectivity index (χ2n) is 6.60. The first-order valence-electron chi connectivity index (χ1n) is 9.35. The lowest BCUT2D eigenvalue weighted by atomic mass is 10.3. The summed E-state index contributed by atoms with van der Waals surface area (Å²) >= 11 is 0. The number of hydrogen-bond acceptors (Lipinski definition) is 6. The summed E-state index contributed by atoms with van der Waals surface area (Å²) in [7, 11) is -3.43. The molecule has 0 unspecified atom stereocenters. The SMILES string of the molecule is CCOc1ccc(S(=O)(=O)N2CCN(CCN3CCOCC3)CC2)cc1. The highest BCUT2D eigenvalue weighted by Crippen LogP contribution is 2.20. The van der Waals surface area contributed by atoms with E-state index in [0.717, 1.165) is 52.5 Å². The van der Waals surface area contributed by atoms with Gasteiger partial charge in [0.2, 0.25) is 10.0 Å². The number of rotatable bonds is 7. The van der Waals surface area contributed by atoms with Gasteiger partial charge in [-0.15, -0.1) is 0 Å². The Morgan fingerprint density at radius 3 is 2.08 bits per heavy atom. The summed E-state index contributed by atoms with van der Waals surface area (Å²) in [5.41, 5.74) is 0. The topological polar surface area (TPSA) is 62.3 Å². The highest BCUT2D eigenvalue weighted by Gasteiger charge is 2.28. The van der Waals surface area contributed by atoms with E-state index in [0.29, 0.717) is 30.3 Å². The minimum atomic E-state index is -3.43. The summed E-state index contributed by atoms with van der Waals surface area (Å²) < 4.78 is 38.0. The third kappa shape index (κ3) is 4.95. The van der Waals surface area contributed by atoms with Crippen molar-refractivity contribution in [1.82, 2.24) is 14.1 Å². The van der Waals surface area contributed by atoms with Crippen LogP contribution in [0.3, 0.4) is 0 Å². The van der Waals surface area contributed by atoms with Crippen molar-refractivity contribution in [3.05, 3.63) is 24.3 Å². The van der Waals surface area contributed by atoms with Crippen LogP contribution in [-0.4, -0.2) is 94.7 Å². The average Bonchev–Trinajstić information content (AvgIpc) is 2.68. The van der Waals surface area contributed by atoms with Gasteiger partial charge < -0.3 is 9.47 Å². The van der Waals surface area contributed by atoms with Gasteiger partial charge in [-0.3, -0.25) is 9.80 Å². The van der Waals surface area contributed by atoms with Crippen molar-refractivity contribution in [3.8, 4) is 5.75 Å². The van der Waals surface area contributed by atoms with Crippen LogP contribution in [0.4, 0.5) is 0 Å². The second kappa shape index (κ2) is 9.14. The number of morpholine rings is 1. The van der Waals surface area contributed by atoms with Crippen LogP contribution in [0.15, 0.2) is 29.2 Å². The molecule has 0 aromatic heterocycles. The standard InChI is InChI=1S/C18H29N3O4S/c1-2-25-17-3-5-18(6-4-17)26(22,23)21-11-9-19(10-12-21)7-8-20-13-15-24-16-14-20/h3-6H,2,7-16H2,1H3. The van der Waals surface area contributed by atoms with E-state index in [4.69, 9.17) is 9.47 Å². The quantitative estimate of drug-likeness (QED) is 0.692. The zero-order valence-electron chi connectivity index (χ0n) is 15.5. The first-order chi connectivity index (χ1) is 12.6. The number of nitrogens with zero attached hydrogens (tertiary/aromatic N) is 3. The predicted octanol–water partition coefficient (Wildman–Crippen LogP) is 0.724. The van der Waals surface area contributed by atoms with Gasteiger partial charge in [0, 0.05) is 52.4 Å². The van der Waals surface area contributed by atoms with Gasteiger partial charge >= 0.3 is 0 Å². The molecular formula is C18H29N3O4S. The molecule has 7 nitrogen and oxygen atoms in total. The normalized spacial score (nSPS) is 21.0. The first-order valence-corrected chi connectivity index (χ1v) is 10.8. The van der Waals surface area contributed by atoms with Crippen molar-refractivity contribution >= 4 is 10.0 Å². The largest absolute Gasteiger partial charge is 0.494 e. The number of sulfonamides is 1. The van der Waals surface area contributed by atoms with Gasteiger partial charge in [0.05, 0.1) is 24.7 Å². The van der Waals surface area contributed by atoms with Crippen molar-refractivity contribution in [3.63, 3.8) is 0 Å². The zero-order valence-corrected chi connectivity index (χ0v) is 16.3. The molecule has 2 heterocycles. The molecule has 1 aromatic carbocycles. The Morgan fingerprint density at radius 1 is 0.923 bits per heavy atom. The summed E-state index contributed by atoms with van der Waals surface area (Å²) in [6, 6.07) is 6.69. The highest BCUT2D eigenvalue weighted by atomic mass is 32.2. The van der Waals surface area contributed by atoms with Crippen molar-refractivity contribution in [2.75, 3.05) is 72.2 Å². The van der Waals surface area contributed by atoms with Crippen LogP contribution < -0.4 is 4.74 Å². The van der Waals surface area contributed by atoms with E-state index in [1.165, 1.54) is 0 Å². The summed E-state index contributed by atoms with van der Waals surface area (Å²) in [6.45, 7) is 10.7. The smallest absolute Gasteiger partial charge is 0.243 e. The van der Waals surface area contributed by atoms with Crippen LogP contribution in [0, 0.1) is 0 Å². The molecule has 0 radical (unpaired) electrons. The molecule has 146 valence electrons. The lowest BCUT2D eigenvalue weighted by Gasteiger charge is -2.35. The number of hydrogen-bond donors (Lipinski definition) is 0. The third-order valence-electron chi connectivity index (χ3n) is 4.94. The van der Waals surface area contributed by atoms with Crippen LogP contribution >= 0.6 is 0 Å². The average molecular weight is 384 g/mol. The molecule has 0 saturated carbocycles. The summed E-state index contributed by atoms with van der Waals surface area (Å²) in [6.07, 6.45) is 0. The highest BCUT2D eigenvalue weighted by molar-refractivity contribution is 7.89. The molecule has 0 aliphatic carbocycles. The molecule has 0 N–H and O–H groups in total. The Balaban J connectivity index is 1.49. The van der Waals surface area contributed by atoms with E-state index in [2.05, 4.69) is 9.80 Å². The Bertz CT molecular complexity index is 652. The Hall–Kier alpha value is -1.19. The number of benzene rings is 1.